The first-order chi connectivity index (χ1) is 12.7. The average Bonchev–Trinajstić information content (AvgIpc) is 2.60. The number of ether oxygens (including phenoxy) is 1. The van der Waals surface area contributed by atoms with Crippen LogP contribution in [-0.2, 0) is 4.74 Å². The fourth-order valence-corrected chi connectivity index (χ4v) is 2.98. The molecule has 0 radical (unpaired) electrons. The highest BCUT2D eigenvalue weighted by Gasteiger charge is 2.27. The van der Waals surface area contributed by atoms with Crippen molar-refractivity contribution in [1.29, 1.82) is 0 Å². The topological polar surface area (TPSA) is 110 Å². The summed E-state index contributed by atoms with van der Waals surface area (Å²) in [6.07, 6.45) is 3.01. The number of amides is 1. The summed E-state index contributed by atoms with van der Waals surface area (Å²) in [5.41, 5.74) is 0.501. The number of benzene rings is 1. The molecule has 1 aromatic heterocycles. The third-order valence-corrected chi connectivity index (χ3v) is 4.16. The van der Waals surface area contributed by atoms with Gasteiger partial charge in [0.25, 0.3) is 5.69 Å². The summed E-state index contributed by atoms with van der Waals surface area (Å²) in [4.78, 5) is 33.1. The molecule has 1 amide bonds. The molecule has 1 fully saturated rings. The molecule has 0 spiro atoms. The third kappa shape index (κ3) is 4.81. The maximum Gasteiger partial charge on any atom is 0.410 e. The van der Waals surface area contributed by atoms with Crippen molar-refractivity contribution in [2.24, 2.45) is 0 Å². The van der Waals surface area contributed by atoms with Crippen molar-refractivity contribution in [3.63, 3.8) is 0 Å². The average molecular weight is 373 g/mol. The number of hydrogen-bond acceptors (Lipinski definition) is 7. The molecule has 1 aromatic carbocycles. The van der Waals surface area contributed by atoms with Crippen LogP contribution in [0.25, 0.3) is 11.0 Å². The third-order valence-electron chi connectivity index (χ3n) is 4.16. The molecule has 9 nitrogen and oxygen atoms in total. The smallest absolute Gasteiger partial charge is 0.410 e. The van der Waals surface area contributed by atoms with Crippen LogP contribution < -0.4 is 5.32 Å². The minimum atomic E-state index is -0.524. The number of anilines is 1. The number of likely N-dealkylation sites (tertiary alicyclic amines) is 1. The lowest BCUT2D eigenvalue weighted by Gasteiger charge is -2.34. The van der Waals surface area contributed by atoms with E-state index in [0.717, 1.165) is 12.8 Å². The number of nitro benzene ring substituents is 1. The van der Waals surface area contributed by atoms with E-state index in [1.807, 2.05) is 20.8 Å². The van der Waals surface area contributed by atoms with E-state index in [4.69, 9.17) is 4.74 Å². The van der Waals surface area contributed by atoms with Crippen molar-refractivity contribution in [3.05, 3.63) is 34.5 Å². The zero-order valence-electron chi connectivity index (χ0n) is 15.6. The van der Waals surface area contributed by atoms with Gasteiger partial charge < -0.3 is 15.0 Å². The molecular formula is C18H23N5O4. The summed E-state index contributed by atoms with van der Waals surface area (Å²) in [6.45, 7) is 6.73. The highest BCUT2D eigenvalue weighted by Crippen LogP contribution is 2.21. The van der Waals surface area contributed by atoms with Gasteiger partial charge in [0.1, 0.15) is 11.4 Å². The molecule has 1 N–H and O–H groups in total. The predicted octanol–water partition coefficient (Wildman–Crippen LogP) is 3.35. The van der Waals surface area contributed by atoms with E-state index in [-0.39, 0.29) is 17.8 Å². The SMILES string of the molecule is CC(C)(C)OC(=O)N1CCC[C@@H](Nc2cnc3cc([N+](=O)[O-])ccc3n2)C1. The molecule has 1 aliphatic rings. The maximum absolute atomic E-state index is 12.3. The van der Waals surface area contributed by atoms with Crippen LogP contribution in [0.5, 0.6) is 0 Å². The van der Waals surface area contributed by atoms with E-state index < -0.39 is 10.5 Å². The lowest BCUT2D eigenvalue weighted by atomic mass is 10.1. The van der Waals surface area contributed by atoms with Crippen LogP contribution in [0, 0.1) is 10.1 Å². The van der Waals surface area contributed by atoms with E-state index in [0.29, 0.717) is 29.9 Å². The number of piperidine rings is 1. The van der Waals surface area contributed by atoms with Gasteiger partial charge in [-0.1, -0.05) is 0 Å². The Labute approximate surface area is 156 Å². The van der Waals surface area contributed by atoms with Crippen LogP contribution in [0.15, 0.2) is 24.4 Å². The Balaban J connectivity index is 1.68. The molecule has 27 heavy (non-hydrogen) atoms. The van der Waals surface area contributed by atoms with E-state index >= 15 is 0 Å². The molecule has 2 heterocycles. The summed E-state index contributed by atoms with van der Waals surface area (Å²) >= 11 is 0. The van der Waals surface area contributed by atoms with Crippen LogP contribution in [0.4, 0.5) is 16.3 Å². The van der Waals surface area contributed by atoms with Gasteiger partial charge in [-0.3, -0.25) is 15.1 Å². The normalized spacial score (nSPS) is 17.6. The number of aromatic nitrogens is 2. The van der Waals surface area contributed by atoms with E-state index in [1.54, 1.807) is 17.2 Å². The van der Waals surface area contributed by atoms with E-state index in [2.05, 4.69) is 15.3 Å². The molecule has 0 bridgehead atoms. The Hall–Kier alpha value is -2.97. The van der Waals surface area contributed by atoms with Crippen molar-refractivity contribution in [2.45, 2.75) is 45.3 Å². The molecule has 0 unspecified atom stereocenters. The Morgan fingerprint density at radius 3 is 2.85 bits per heavy atom. The van der Waals surface area contributed by atoms with Gasteiger partial charge in [0.2, 0.25) is 0 Å². The summed E-state index contributed by atoms with van der Waals surface area (Å²) in [5, 5.41) is 14.2. The van der Waals surface area contributed by atoms with Crippen molar-refractivity contribution >= 4 is 28.6 Å². The molecule has 0 aliphatic carbocycles. The summed E-state index contributed by atoms with van der Waals surface area (Å²) in [7, 11) is 0. The minimum absolute atomic E-state index is 0.0159. The largest absolute Gasteiger partial charge is 0.444 e. The molecule has 0 saturated carbocycles. The van der Waals surface area contributed by atoms with E-state index in [1.165, 1.54) is 12.1 Å². The first-order valence-corrected chi connectivity index (χ1v) is 8.87. The van der Waals surface area contributed by atoms with Crippen LogP contribution in [0.2, 0.25) is 0 Å². The number of fused-ring (bicyclic) bond motifs is 1. The molecule has 9 heteroatoms. The van der Waals surface area contributed by atoms with Crippen molar-refractivity contribution in [1.82, 2.24) is 14.9 Å². The number of rotatable bonds is 3. The lowest BCUT2D eigenvalue weighted by Crippen LogP contribution is -2.47. The molecule has 1 aliphatic heterocycles. The van der Waals surface area contributed by atoms with Gasteiger partial charge in [-0.2, -0.15) is 0 Å². The standard InChI is InChI=1S/C18H23N5O4/c1-18(2,3)27-17(24)22-8-4-5-12(11-22)20-16-10-19-15-9-13(23(25)26)6-7-14(15)21-16/h6-7,9-10,12H,4-5,8,11H2,1-3H3,(H,20,21)/t12-/m1/s1. The van der Waals surface area contributed by atoms with Gasteiger partial charge in [0, 0.05) is 31.3 Å². The van der Waals surface area contributed by atoms with Gasteiger partial charge in [-0.25, -0.2) is 9.78 Å². The van der Waals surface area contributed by atoms with E-state index in [9.17, 15) is 14.9 Å². The Bertz CT molecular complexity index is 864. The van der Waals surface area contributed by atoms with Crippen molar-refractivity contribution in [3.8, 4) is 0 Å². The predicted molar refractivity (Wildman–Crippen MR) is 101 cm³/mol. The number of nitrogens with zero attached hydrogens (tertiary/aromatic N) is 4. The molecule has 2 aromatic rings. The maximum atomic E-state index is 12.3. The number of carbonyl (C=O) groups is 1. The van der Waals surface area contributed by atoms with Crippen LogP contribution in [-0.4, -0.2) is 50.6 Å². The van der Waals surface area contributed by atoms with Gasteiger partial charge in [0.15, 0.2) is 0 Å². The number of nitrogens with one attached hydrogen (secondary N) is 1. The monoisotopic (exact) mass is 373 g/mol. The van der Waals surface area contributed by atoms with Crippen LogP contribution >= 0.6 is 0 Å². The molecule has 144 valence electrons. The molecule has 1 atom stereocenters. The highest BCUT2D eigenvalue weighted by molar-refractivity contribution is 5.78. The van der Waals surface area contributed by atoms with Crippen molar-refractivity contribution in [2.75, 3.05) is 18.4 Å². The Morgan fingerprint density at radius 1 is 1.37 bits per heavy atom. The zero-order chi connectivity index (χ0) is 19.6. The van der Waals surface area contributed by atoms with Crippen LogP contribution in [0.1, 0.15) is 33.6 Å². The van der Waals surface area contributed by atoms with Gasteiger partial charge in [-0.15, -0.1) is 0 Å². The molecule has 1 saturated heterocycles. The second-order valence-corrected chi connectivity index (χ2v) is 7.60. The van der Waals surface area contributed by atoms with Gasteiger partial charge in [0.05, 0.1) is 22.2 Å². The molecular weight excluding hydrogens is 350 g/mol. The highest BCUT2D eigenvalue weighted by atomic mass is 16.6. The summed E-state index contributed by atoms with van der Waals surface area (Å²) in [6, 6.07) is 4.43. The fourth-order valence-electron chi connectivity index (χ4n) is 2.98. The first-order valence-electron chi connectivity index (χ1n) is 8.87. The van der Waals surface area contributed by atoms with Crippen molar-refractivity contribution < 1.29 is 14.5 Å². The minimum Gasteiger partial charge on any atom is -0.444 e. The lowest BCUT2D eigenvalue weighted by molar-refractivity contribution is -0.384. The summed E-state index contributed by atoms with van der Waals surface area (Å²) in [5.74, 6) is 0.576. The van der Waals surface area contributed by atoms with Crippen LogP contribution in [0.3, 0.4) is 0 Å². The second kappa shape index (κ2) is 7.34. The van der Waals surface area contributed by atoms with Gasteiger partial charge in [-0.05, 0) is 39.7 Å². The Morgan fingerprint density at radius 2 is 2.15 bits per heavy atom. The second-order valence-electron chi connectivity index (χ2n) is 7.60. The number of hydrogen-bond donors (Lipinski definition) is 1. The number of nitro groups is 1. The Kier molecular flexibility index (Phi) is 5.11. The quantitative estimate of drug-likeness (QED) is 0.649. The zero-order valence-corrected chi connectivity index (χ0v) is 15.6. The first kappa shape index (κ1) is 18.8. The number of carbonyl (C=O) groups excluding carboxylic acids is 1. The van der Waals surface area contributed by atoms with Gasteiger partial charge >= 0.3 is 6.09 Å². The fraction of sp³-hybridized carbons (Fsp3) is 0.500. The number of non-ortho nitro benzene ring substituents is 1. The molecule has 3 rings (SSSR count). The summed E-state index contributed by atoms with van der Waals surface area (Å²) < 4.78 is 5.44.